The molecule has 4 rings (SSSR count). The molecule has 1 fully saturated rings. The number of ether oxygens (including phenoxy) is 4. The van der Waals surface area contributed by atoms with Crippen molar-refractivity contribution in [2.24, 2.45) is 0 Å². The van der Waals surface area contributed by atoms with Crippen LogP contribution in [0.15, 0.2) is 77.7 Å². The molecule has 11 nitrogen and oxygen atoms in total. The summed E-state index contributed by atoms with van der Waals surface area (Å²) >= 11 is 0. The number of aliphatic hydroxyl groups is 1. The van der Waals surface area contributed by atoms with Gasteiger partial charge in [-0.2, -0.15) is 4.98 Å². The summed E-state index contributed by atoms with van der Waals surface area (Å²) in [6, 6.07) is 19.1. The second kappa shape index (κ2) is 12.0. The lowest BCUT2D eigenvalue weighted by molar-refractivity contribution is -0.155. The molecule has 2 heterocycles. The van der Waals surface area contributed by atoms with Gasteiger partial charge in [-0.3, -0.25) is 9.36 Å². The van der Waals surface area contributed by atoms with Crippen molar-refractivity contribution in [3.8, 4) is 11.5 Å². The molecule has 0 bridgehead atoms. The lowest BCUT2D eigenvalue weighted by Crippen LogP contribution is -2.31. The fraction of sp³-hybridized carbons (Fsp3) is 0.280. The largest absolute Gasteiger partial charge is 0.484 e. The maximum absolute atomic E-state index is 12.6. The number of nitrogens with one attached hydrogen (secondary N) is 1. The molecule has 36 heavy (non-hydrogen) atoms. The molecule has 1 aliphatic heterocycles. The van der Waals surface area contributed by atoms with Crippen molar-refractivity contribution in [2.45, 2.75) is 24.9 Å². The van der Waals surface area contributed by atoms with Crippen LogP contribution in [0.3, 0.4) is 0 Å². The highest BCUT2D eigenvalue weighted by Crippen LogP contribution is 2.30. The molecule has 0 spiro atoms. The second-order valence-electron chi connectivity index (χ2n) is 7.83. The molecule has 1 aromatic heterocycles. The van der Waals surface area contributed by atoms with Gasteiger partial charge in [0.2, 0.25) is 0 Å². The Hall–Kier alpha value is -4.22. The van der Waals surface area contributed by atoms with Crippen molar-refractivity contribution in [2.75, 3.05) is 25.1 Å². The van der Waals surface area contributed by atoms with Crippen LogP contribution in [0.25, 0.3) is 0 Å². The highest BCUT2D eigenvalue weighted by molar-refractivity contribution is 5.90. The minimum atomic E-state index is -0.822. The number of benzene rings is 2. The van der Waals surface area contributed by atoms with Gasteiger partial charge in [-0.15, -0.1) is 0 Å². The first-order valence-corrected chi connectivity index (χ1v) is 11.2. The Bertz CT molecular complexity index is 1220. The van der Waals surface area contributed by atoms with Gasteiger partial charge in [-0.05, 0) is 30.3 Å². The molecule has 0 unspecified atom stereocenters. The van der Waals surface area contributed by atoms with Crippen molar-refractivity contribution in [1.82, 2.24) is 9.55 Å². The number of aliphatic hydroxyl groups excluding tert-OH is 1. The first-order valence-electron chi connectivity index (χ1n) is 11.2. The van der Waals surface area contributed by atoms with Crippen LogP contribution >= 0.6 is 0 Å². The van der Waals surface area contributed by atoms with E-state index in [1.807, 2.05) is 12.1 Å². The summed E-state index contributed by atoms with van der Waals surface area (Å²) < 4.78 is 23.1. The maximum atomic E-state index is 12.6. The monoisotopic (exact) mass is 495 g/mol. The van der Waals surface area contributed by atoms with E-state index < -0.39 is 42.6 Å². The molecule has 3 atom stereocenters. The predicted molar refractivity (Wildman–Crippen MR) is 126 cm³/mol. The van der Waals surface area contributed by atoms with Crippen LogP contribution in [-0.4, -0.2) is 58.6 Å². The number of aromatic nitrogens is 2. The smallest absolute Gasteiger partial charge is 0.351 e. The number of amides is 1. The van der Waals surface area contributed by atoms with E-state index in [-0.39, 0.29) is 25.5 Å². The van der Waals surface area contributed by atoms with Gasteiger partial charge < -0.3 is 29.4 Å². The summed E-state index contributed by atoms with van der Waals surface area (Å²) in [5.41, 5.74) is -0.683. The van der Waals surface area contributed by atoms with Gasteiger partial charge in [0, 0.05) is 12.6 Å². The Morgan fingerprint density at radius 2 is 1.64 bits per heavy atom. The third kappa shape index (κ3) is 6.68. The Morgan fingerprint density at radius 1 is 1.00 bits per heavy atom. The predicted octanol–water partition coefficient (Wildman–Crippen LogP) is 1.53. The molecular formula is C25H25N3O8. The van der Waals surface area contributed by atoms with Gasteiger partial charge in [0.1, 0.15) is 35.8 Å². The molecule has 0 radical (unpaired) electrons. The molecule has 1 saturated heterocycles. The average Bonchev–Trinajstić information content (AvgIpc) is 3.30. The number of esters is 1. The van der Waals surface area contributed by atoms with Crippen LogP contribution in [0, 0.1) is 0 Å². The molecule has 2 N–H and O–H groups in total. The lowest BCUT2D eigenvalue weighted by atomic mass is 10.2. The molecule has 0 aliphatic carbocycles. The molecule has 0 saturated carbocycles. The van der Waals surface area contributed by atoms with Gasteiger partial charge in [-0.25, -0.2) is 9.59 Å². The quantitative estimate of drug-likeness (QED) is 0.401. The van der Waals surface area contributed by atoms with E-state index in [0.29, 0.717) is 11.5 Å². The second-order valence-corrected chi connectivity index (χ2v) is 7.83. The van der Waals surface area contributed by atoms with E-state index in [2.05, 4.69) is 10.3 Å². The zero-order valence-corrected chi connectivity index (χ0v) is 19.2. The molecule has 2 aromatic carbocycles. The number of rotatable bonds is 10. The summed E-state index contributed by atoms with van der Waals surface area (Å²) in [6.07, 6.45) is -0.891. The van der Waals surface area contributed by atoms with Crippen LogP contribution in [0.1, 0.15) is 12.6 Å². The highest BCUT2D eigenvalue weighted by Gasteiger charge is 2.39. The minimum absolute atomic E-state index is 0.0515. The number of nitrogens with zero attached hydrogens (tertiary/aromatic N) is 2. The van der Waals surface area contributed by atoms with E-state index in [0.717, 1.165) is 0 Å². The van der Waals surface area contributed by atoms with E-state index in [1.165, 1.54) is 16.8 Å². The van der Waals surface area contributed by atoms with Crippen molar-refractivity contribution in [3.63, 3.8) is 0 Å². The molecule has 188 valence electrons. The number of carbonyl (C=O) groups excluding carboxylic acids is 2. The summed E-state index contributed by atoms with van der Waals surface area (Å²) in [7, 11) is 0. The SMILES string of the molecule is O=C(COc1ccccc1)Nc1ccn([C@H]2C[C@H](OC(=O)COc3ccccc3)[C@@H](CO)O2)c(=O)n1. The Balaban J connectivity index is 1.31. The van der Waals surface area contributed by atoms with Crippen LogP contribution in [0.5, 0.6) is 11.5 Å². The van der Waals surface area contributed by atoms with E-state index >= 15 is 0 Å². The van der Waals surface area contributed by atoms with Crippen molar-refractivity contribution in [1.29, 1.82) is 0 Å². The minimum Gasteiger partial charge on any atom is -0.484 e. The summed E-state index contributed by atoms with van der Waals surface area (Å²) in [5, 5.41) is 12.2. The van der Waals surface area contributed by atoms with Crippen LogP contribution in [-0.2, 0) is 19.1 Å². The number of hydrogen-bond donors (Lipinski definition) is 2. The van der Waals surface area contributed by atoms with Gasteiger partial charge in [0.15, 0.2) is 13.2 Å². The number of carbonyl (C=O) groups is 2. The van der Waals surface area contributed by atoms with E-state index in [9.17, 15) is 19.5 Å². The lowest BCUT2D eigenvalue weighted by Gasteiger charge is -2.16. The van der Waals surface area contributed by atoms with Crippen molar-refractivity contribution in [3.05, 3.63) is 83.4 Å². The van der Waals surface area contributed by atoms with Crippen molar-refractivity contribution < 1.29 is 33.6 Å². The van der Waals surface area contributed by atoms with Crippen molar-refractivity contribution >= 4 is 17.7 Å². The number of anilines is 1. The molecule has 1 amide bonds. The molecule has 3 aromatic rings. The third-order valence-electron chi connectivity index (χ3n) is 5.26. The Kier molecular flexibility index (Phi) is 8.27. The van der Waals surface area contributed by atoms with Gasteiger partial charge in [0.25, 0.3) is 5.91 Å². The Labute approximate surface area is 206 Å². The van der Waals surface area contributed by atoms with Crippen LogP contribution < -0.4 is 20.5 Å². The molecule has 1 aliphatic rings. The number of hydrogen-bond acceptors (Lipinski definition) is 9. The van der Waals surface area contributed by atoms with Gasteiger partial charge in [0.05, 0.1) is 6.61 Å². The van der Waals surface area contributed by atoms with Crippen LogP contribution in [0.2, 0.25) is 0 Å². The summed E-state index contributed by atoms with van der Waals surface area (Å²) in [5.74, 6) is -0.00556. The zero-order valence-electron chi connectivity index (χ0n) is 19.2. The highest BCUT2D eigenvalue weighted by atomic mass is 16.6. The van der Waals surface area contributed by atoms with Gasteiger partial charge >= 0.3 is 11.7 Å². The average molecular weight is 495 g/mol. The standard InChI is InChI=1S/C25H25N3O8/c29-14-20-19(36-24(31)16-34-18-9-5-2-6-10-18)13-23(35-20)28-12-11-21(27-25(28)32)26-22(30)15-33-17-7-3-1-4-8-17/h1-12,19-20,23,29H,13-16H2,(H,26,27,30,32)/t19-,20+,23+/m0/s1. The summed E-state index contributed by atoms with van der Waals surface area (Å²) in [6.45, 7) is -0.974. The molecular weight excluding hydrogens is 470 g/mol. The zero-order chi connectivity index (χ0) is 25.3. The third-order valence-corrected chi connectivity index (χ3v) is 5.26. The topological polar surface area (TPSA) is 138 Å². The van der Waals surface area contributed by atoms with E-state index in [1.54, 1.807) is 48.5 Å². The first-order chi connectivity index (χ1) is 17.5. The fourth-order valence-corrected chi connectivity index (χ4v) is 3.57. The van der Waals surface area contributed by atoms with E-state index in [4.69, 9.17) is 18.9 Å². The summed E-state index contributed by atoms with van der Waals surface area (Å²) in [4.78, 5) is 40.8. The first kappa shape index (κ1) is 24.9. The van der Waals surface area contributed by atoms with Crippen LogP contribution in [0.4, 0.5) is 5.82 Å². The van der Waals surface area contributed by atoms with Gasteiger partial charge in [-0.1, -0.05) is 36.4 Å². The number of para-hydroxylation sites is 2. The molecule has 11 heteroatoms. The Morgan fingerprint density at radius 3 is 2.25 bits per heavy atom. The fourth-order valence-electron chi connectivity index (χ4n) is 3.57. The maximum Gasteiger partial charge on any atom is 0.351 e. The normalized spacial score (nSPS) is 18.9.